The minimum absolute atomic E-state index is 0.136. The Morgan fingerprint density at radius 1 is 1.08 bits per heavy atom. The van der Waals surface area contributed by atoms with Gasteiger partial charge in [-0.1, -0.05) is 5.16 Å². The van der Waals surface area contributed by atoms with Gasteiger partial charge in [0.1, 0.15) is 5.76 Å². The second-order valence-electron chi connectivity index (χ2n) is 6.20. The van der Waals surface area contributed by atoms with Crippen molar-refractivity contribution in [1.29, 1.82) is 0 Å². The minimum Gasteiger partial charge on any atom is -0.378 e. The monoisotopic (exact) mass is 345 g/mol. The van der Waals surface area contributed by atoms with Crippen molar-refractivity contribution in [2.45, 2.75) is 34.1 Å². The molecule has 3 rings (SSSR count). The van der Waals surface area contributed by atoms with Crippen LogP contribution in [0, 0.1) is 27.7 Å². The van der Waals surface area contributed by atoms with E-state index >= 15 is 0 Å². The Labute approximate surface area is 146 Å². The number of ether oxygens (including phenoxy) is 1. The Morgan fingerprint density at radius 3 is 2.28 bits per heavy atom. The maximum absolute atomic E-state index is 12.4. The number of rotatable bonds is 4. The van der Waals surface area contributed by atoms with Crippen molar-refractivity contribution in [3.05, 3.63) is 28.4 Å². The van der Waals surface area contributed by atoms with E-state index in [0.717, 1.165) is 35.7 Å². The number of carbonyl (C=O) groups excluding carboxylic acids is 1. The molecule has 1 aliphatic heterocycles. The molecule has 0 aliphatic carbocycles. The van der Waals surface area contributed by atoms with E-state index in [-0.39, 0.29) is 12.3 Å². The first-order valence-electron chi connectivity index (χ1n) is 8.35. The smallest absolute Gasteiger partial charge is 0.229 e. The van der Waals surface area contributed by atoms with Crippen LogP contribution in [-0.4, -0.2) is 47.3 Å². The fourth-order valence-corrected chi connectivity index (χ4v) is 2.88. The zero-order valence-electron chi connectivity index (χ0n) is 15.0. The zero-order chi connectivity index (χ0) is 18.0. The quantitative estimate of drug-likeness (QED) is 0.901. The Morgan fingerprint density at radius 2 is 1.72 bits per heavy atom. The topological polar surface area (TPSA) is 93.4 Å². The molecule has 1 aliphatic rings. The lowest BCUT2D eigenvalue weighted by Crippen LogP contribution is -2.37. The number of aryl methyl sites for hydroxylation is 4. The summed E-state index contributed by atoms with van der Waals surface area (Å²) in [6.07, 6.45) is 0.214. The molecule has 0 aromatic carbocycles. The predicted octanol–water partition coefficient (Wildman–Crippen LogP) is 1.72. The SMILES string of the molecule is Cc1noc(C)c1CC(=O)Nc1c(C)nc(N2CCOCC2)nc1C. The minimum atomic E-state index is -0.136. The van der Waals surface area contributed by atoms with Gasteiger partial charge in [0.2, 0.25) is 11.9 Å². The van der Waals surface area contributed by atoms with Gasteiger partial charge in [-0.05, 0) is 27.7 Å². The van der Waals surface area contributed by atoms with Gasteiger partial charge >= 0.3 is 0 Å². The van der Waals surface area contributed by atoms with E-state index in [2.05, 4.69) is 25.3 Å². The largest absolute Gasteiger partial charge is 0.378 e. The van der Waals surface area contributed by atoms with Crippen LogP contribution >= 0.6 is 0 Å². The third-order valence-corrected chi connectivity index (χ3v) is 4.34. The number of nitrogens with zero attached hydrogens (tertiary/aromatic N) is 4. The first-order chi connectivity index (χ1) is 12.0. The van der Waals surface area contributed by atoms with Crippen molar-refractivity contribution >= 4 is 17.5 Å². The van der Waals surface area contributed by atoms with Crippen LogP contribution in [0.15, 0.2) is 4.52 Å². The molecular weight excluding hydrogens is 322 g/mol. The van der Waals surface area contributed by atoms with Crippen LogP contribution in [0.25, 0.3) is 0 Å². The summed E-state index contributed by atoms with van der Waals surface area (Å²) in [7, 11) is 0. The molecule has 0 spiro atoms. The summed E-state index contributed by atoms with van der Waals surface area (Å²) >= 11 is 0. The van der Waals surface area contributed by atoms with Crippen molar-refractivity contribution in [1.82, 2.24) is 15.1 Å². The lowest BCUT2D eigenvalue weighted by Gasteiger charge is -2.27. The van der Waals surface area contributed by atoms with Gasteiger partial charge in [0.25, 0.3) is 0 Å². The highest BCUT2D eigenvalue weighted by Gasteiger charge is 2.19. The van der Waals surface area contributed by atoms with Crippen LogP contribution in [0.1, 0.15) is 28.4 Å². The van der Waals surface area contributed by atoms with Crippen LogP contribution < -0.4 is 10.2 Å². The molecule has 2 aromatic rings. The molecule has 1 amide bonds. The fraction of sp³-hybridized carbons (Fsp3) is 0.529. The first kappa shape index (κ1) is 17.3. The first-order valence-corrected chi connectivity index (χ1v) is 8.35. The second kappa shape index (κ2) is 7.18. The summed E-state index contributed by atoms with van der Waals surface area (Å²) in [4.78, 5) is 23.6. The lowest BCUT2D eigenvalue weighted by atomic mass is 10.1. The van der Waals surface area contributed by atoms with Crippen molar-refractivity contribution in [2.75, 3.05) is 36.5 Å². The summed E-state index contributed by atoms with van der Waals surface area (Å²) in [5, 5.41) is 6.80. The highest BCUT2D eigenvalue weighted by Crippen LogP contribution is 2.22. The number of nitrogens with one attached hydrogen (secondary N) is 1. The molecule has 0 unspecified atom stereocenters. The number of anilines is 2. The highest BCUT2D eigenvalue weighted by molar-refractivity contribution is 5.93. The maximum Gasteiger partial charge on any atom is 0.229 e. The molecule has 2 aromatic heterocycles. The number of amides is 1. The molecule has 1 fully saturated rings. The zero-order valence-corrected chi connectivity index (χ0v) is 15.0. The van der Waals surface area contributed by atoms with Crippen LogP contribution in [0.4, 0.5) is 11.6 Å². The lowest BCUT2D eigenvalue weighted by molar-refractivity contribution is -0.115. The van der Waals surface area contributed by atoms with Crippen LogP contribution in [0.2, 0.25) is 0 Å². The van der Waals surface area contributed by atoms with Gasteiger partial charge in [-0.25, -0.2) is 9.97 Å². The fourth-order valence-electron chi connectivity index (χ4n) is 2.88. The summed E-state index contributed by atoms with van der Waals surface area (Å²) < 4.78 is 10.5. The molecule has 8 heteroatoms. The van der Waals surface area contributed by atoms with Crippen molar-refractivity contribution in [2.24, 2.45) is 0 Å². The summed E-state index contributed by atoms with van der Waals surface area (Å²) in [6, 6.07) is 0. The van der Waals surface area contributed by atoms with E-state index in [1.165, 1.54) is 0 Å². The predicted molar refractivity (Wildman–Crippen MR) is 92.8 cm³/mol. The molecule has 0 bridgehead atoms. The normalized spacial score (nSPS) is 14.6. The van der Waals surface area contributed by atoms with Crippen LogP contribution in [0.3, 0.4) is 0 Å². The maximum atomic E-state index is 12.4. The molecule has 25 heavy (non-hydrogen) atoms. The number of hydrogen-bond donors (Lipinski definition) is 1. The summed E-state index contributed by atoms with van der Waals surface area (Å²) in [6.45, 7) is 10.3. The molecule has 0 radical (unpaired) electrons. The third kappa shape index (κ3) is 3.79. The van der Waals surface area contributed by atoms with Gasteiger partial charge < -0.3 is 19.5 Å². The Balaban J connectivity index is 1.75. The van der Waals surface area contributed by atoms with Gasteiger partial charge in [-0.15, -0.1) is 0 Å². The van der Waals surface area contributed by atoms with Gasteiger partial charge in [0.15, 0.2) is 0 Å². The molecule has 1 N–H and O–H groups in total. The van der Waals surface area contributed by atoms with Crippen LogP contribution in [-0.2, 0) is 16.0 Å². The Bertz CT molecular complexity index is 738. The molecule has 8 nitrogen and oxygen atoms in total. The van der Waals surface area contributed by atoms with Crippen molar-refractivity contribution < 1.29 is 14.1 Å². The van der Waals surface area contributed by atoms with Gasteiger partial charge in [-0.2, -0.15) is 0 Å². The van der Waals surface area contributed by atoms with E-state index < -0.39 is 0 Å². The third-order valence-electron chi connectivity index (χ3n) is 4.34. The standard InChI is InChI=1S/C17H23N5O3/c1-10-14(13(4)25-21-10)9-15(23)20-16-11(2)18-17(19-12(16)3)22-5-7-24-8-6-22/h5-9H2,1-4H3,(H,20,23). The van der Waals surface area contributed by atoms with Crippen molar-refractivity contribution in [3.63, 3.8) is 0 Å². The highest BCUT2D eigenvalue weighted by atomic mass is 16.5. The van der Waals surface area contributed by atoms with Gasteiger partial charge in [-0.3, -0.25) is 4.79 Å². The van der Waals surface area contributed by atoms with E-state index in [9.17, 15) is 4.79 Å². The van der Waals surface area contributed by atoms with Crippen molar-refractivity contribution in [3.8, 4) is 0 Å². The Hall–Kier alpha value is -2.48. The van der Waals surface area contributed by atoms with Gasteiger partial charge in [0, 0.05) is 18.7 Å². The number of aromatic nitrogens is 3. The second-order valence-corrected chi connectivity index (χ2v) is 6.20. The van der Waals surface area contributed by atoms with E-state index in [4.69, 9.17) is 9.26 Å². The number of carbonyl (C=O) groups is 1. The summed E-state index contributed by atoms with van der Waals surface area (Å²) in [5.41, 5.74) is 3.72. The van der Waals surface area contributed by atoms with E-state index in [0.29, 0.717) is 30.6 Å². The summed E-state index contributed by atoms with van der Waals surface area (Å²) in [5.74, 6) is 1.21. The molecule has 0 atom stereocenters. The van der Waals surface area contributed by atoms with E-state index in [1.54, 1.807) is 6.92 Å². The van der Waals surface area contributed by atoms with Gasteiger partial charge in [0.05, 0.1) is 42.4 Å². The molecule has 3 heterocycles. The molecule has 0 saturated carbocycles. The molecular formula is C17H23N5O3. The Kier molecular flexibility index (Phi) is 4.98. The van der Waals surface area contributed by atoms with E-state index in [1.807, 2.05) is 20.8 Å². The number of morpholine rings is 1. The average molecular weight is 345 g/mol. The van der Waals surface area contributed by atoms with Crippen LogP contribution in [0.5, 0.6) is 0 Å². The molecule has 134 valence electrons. The average Bonchev–Trinajstić information content (AvgIpc) is 2.90. The number of hydrogen-bond acceptors (Lipinski definition) is 7. The molecule has 1 saturated heterocycles.